The maximum Gasteiger partial charge on any atom is 0.123 e. The van der Waals surface area contributed by atoms with Gasteiger partial charge >= 0.3 is 0 Å². The van der Waals surface area contributed by atoms with Gasteiger partial charge in [-0.1, -0.05) is 48.5 Å². The van der Waals surface area contributed by atoms with Gasteiger partial charge in [-0.05, 0) is 78.8 Å². The summed E-state index contributed by atoms with van der Waals surface area (Å²) in [5, 5.41) is 5.83. The number of hydrogen-bond acceptors (Lipinski definition) is 0. The Balaban J connectivity index is 1.97. The van der Waals surface area contributed by atoms with Crippen LogP contribution in [0, 0.1) is 11.6 Å². The Morgan fingerprint density at radius 2 is 1.00 bits per heavy atom. The van der Waals surface area contributed by atoms with Gasteiger partial charge in [-0.3, -0.25) is 0 Å². The number of hydrogen-bond donors (Lipinski definition) is 0. The Labute approximate surface area is 148 Å². The second kappa shape index (κ2) is 4.67. The van der Waals surface area contributed by atoms with Gasteiger partial charge in [0.2, 0.25) is 0 Å². The summed E-state index contributed by atoms with van der Waals surface area (Å²) in [6, 6.07) is 22.2. The normalized spacial score (nSPS) is 12.2. The number of benzene rings is 5. The molecule has 0 fully saturated rings. The molecule has 5 aromatic rings. The molecule has 0 spiro atoms. The third-order valence-electron chi connectivity index (χ3n) is 5.49. The van der Waals surface area contributed by atoms with Crippen molar-refractivity contribution in [3.63, 3.8) is 0 Å². The zero-order valence-corrected chi connectivity index (χ0v) is 13.7. The number of fused-ring (bicyclic) bond motifs is 8. The fourth-order valence-electron chi connectivity index (χ4n) is 4.50. The second-order valence-corrected chi connectivity index (χ2v) is 6.84. The van der Waals surface area contributed by atoms with Gasteiger partial charge in [0, 0.05) is 0 Å². The molecule has 0 nitrogen and oxygen atoms in total. The van der Waals surface area contributed by atoms with Crippen molar-refractivity contribution in [2.75, 3.05) is 0 Å². The highest BCUT2D eigenvalue weighted by atomic mass is 19.1. The van der Waals surface area contributed by atoms with Gasteiger partial charge in [0.15, 0.2) is 0 Å². The number of rotatable bonds is 0. The minimum absolute atomic E-state index is 0.309. The average Bonchev–Trinajstić information content (AvgIpc) is 2.99. The molecule has 6 rings (SSSR count). The van der Waals surface area contributed by atoms with E-state index in [4.69, 9.17) is 0 Å². The Bertz CT molecular complexity index is 1290. The molecule has 0 heterocycles. The van der Waals surface area contributed by atoms with E-state index in [9.17, 15) is 8.78 Å². The second-order valence-electron chi connectivity index (χ2n) is 6.84. The van der Waals surface area contributed by atoms with Crippen LogP contribution in [-0.2, 0) is 0 Å². The lowest BCUT2D eigenvalue weighted by atomic mass is 9.90. The highest BCUT2D eigenvalue weighted by molar-refractivity contribution is 6.30. The minimum Gasteiger partial charge on any atom is -0.207 e. The predicted molar refractivity (Wildman–Crippen MR) is 103 cm³/mol. The molecule has 0 amide bonds. The first kappa shape index (κ1) is 14.0. The summed E-state index contributed by atoms with van der Waals surface area (Å²) in [5.41, 5.74) is 4.56. The molecular weight excluding hydrogens is 326 g/mol. The Hall–Kier alpha value is -3.26. The van der Waals surface area contributed by atoms with Crippen LogP contribution < -0.4 is 0 Å². The van der Waals surface area contributed by atoms with Crippen LogP contribution >= 0.6 is 0 Å². The Kier molecular flexibility index (Phi) is 2.51. The van der Waals surface area contributed by atoms with Crippen molar-refractivity contribution in [2.24, 2.45) is 0 Å². The van der Waals surface area contributed by atoms with E-state index < -0.39 is 0 Å². The zero-order valence-electron chi connectivity index (χ0n) is 13.7. The first-order valence-corrected chi connectivity index (χ1v) is 8.59. The van der Waals surface area contributed by atoms with Crippen LogP contribution in [-0.4, -0.2) is 0 Å². The van der Waals surface area contributed by atoms with Crippen LogP contribution in [0.3, 0.4) is 0 Å². The molecule has 2 heteroatoms. The standard InChI is InChI=1S/C24H12F2/c25-14-7-9-16-20(11-14)21-12-15(26)8-10-17(21)24-19-6-2-4-13-3-1-5-18(22(13)19)23(16)24/h1-12H. The molecule has 0 aliphatic heterocycles. The first-order chi connectivity index (χ1) is 12.7. The van der Waals surface area contributed by atoms with Crippen LogP contribution in [0.15, 0.2) is 72.8 Å². The molecule has 0 unspecified atom stereocenters. The smallest absolute Gasteiger partial charge is 0.123 e. The van der Waals surface area contributed by atoms with E-state index in [2.05, 4.69) is 36.4 Å². The van der Waals surface area contributed by atoms with Gasteiger partial charge in [-0.25, -0.2) is 8.78 Å². The summed E-state index contributed by atoms with van der Waals surface area (Å²) in [6.45, 7) is 0. The molecule has 1 aliphatic rings. The van der Waals surface area contributed by atoms with Crippen molar-refractivity contribution >= 4 is 32.3 Å². The summed E-state index contributed by atoms with van der Waals surface area (Å²) in [4.78, 5) is 0. The minimum atomic E-state index is -0.309. The van der Waals surface area contributed by atoms with Crippen molar-refractivity contribution in [3.8, 4) is 22.3 Å². The topological polar surface area (TPSA) is 0 Å². The van der Waals surface area contributed by atoms with E-state index in [0.29, 0.717) is 0 Å². The molecule has 0 aromatic heterocycles. The van der Waals surface area contributed by atoms with E-state index in [1.54, 1.807) is 0 Å². The van der Waals surface area contributed by atoms with Crippen molar-refractivity contribution in [1.82, 2.24) is 0 Å². The van der Waals surface area contributed by atoms with Crippen molar-refractivity contribution < 1.29 is 8.78 Å². The van der Waals surface area contributed by atoms with Crippen LogP contribution in [0.2, 0.25) is 0 Å². The van der Waals surface area contributed by atoms with E-state index in [0.717, 1.165) is 43.8 Å². The highest BCUT2D eigenvalue weighted by Crippen LogP contribution is 2.53. The van der Waals surface area contributed by atoms with Crippen molar-refractivity contribution in [3.05, 3.63) is 84.4 Å². The maximum absolute atomic E-state index is 14.0. The monoisotopic (exact) mass is 338 g/mol. The van der Waals surface area contributed by atoms with Gasteiger partial charge in [0.05, 0.1) is 0 Å². The molecule has 0 saturated carbocycles. The lowest BCUT2D eigenvalue weighted by molar-refractivity contribution is 0.628. The molecule has 122 valence electrons. The Morgan fingerprint density at radius 1 is 0.500 bits per heavy atom. The van der Waals surface area contributed by atoms with Gasteiger partial charge < -0.3 is 0 Å². The van der Waals surface area contributed by atoms with Gasteiger partial charge in [-0.15, -0.1) is 0 Å². The van der Waals surface area contributed by atoms with Gasteiger partial charge in [-0.2, -0.15) is 0 Å². The molecule has 0 saturated heterocycles. The van der Waals surface area contributed by atoms with Crippen molar-refractivity contribution in [1.29, 1.82) is 0 Å². The third-order valence-corrected chi connectivity index (χ3v) is 5.49. The summed E-state index contributed by atoms with van der Waals surface area (Å²) >= 11 is 0. The summed E-state index contributed by atoms with van der Waals surface area (Å²) in [6.07, 6.45) is 0. The lowest BCUT2D eigenvalue weighted by Crippen LogP contribution is -1.88. The maximum atomic E-state index is 14.0. The van der Waals surface area contributed by atoms with E-state index in [1.165, 1.54) is 35.0 Å². The molecule has 0 radical (unpaired) electrons. The quantitative estimate of drug-likeness (QED) is 0.260. The summed E-state index contributed by atoms with van der Waals surface area (Å²) < 4.78 is 28.0. The molecule has 1 aliphatic carbocycles. The van der Waals surface area contributed by atoms with E-state index in [-0.39, 0.29) is 11.6 Å². The number of halogens is 2. The first-order valence-electron chi connectivity index (χ1n) is 8.59. The fourth-order valence-corrected chi connectivity index (χ4v) is 4.50. The molecule has 26 heavy (non-hydrogen) atoms. The van der Waals surface area contributed by atoms with Crippen LogP contribution in [0.4, 0.5) is 8.78 Å². The molecular formula is C24H12F2. The van der Waals surface area contributed by atoms with Gasteiger partial charge in [0.1, 0.15) is 11.6 Å². The molecule has 5 aromatic carbocycles. The van der Waals surface area contributed by atoms with Gasteiger partial charge in [0.25, 0.3) is 0 Å². The van der Waals surface area contributed by atoms with Crippen LogP contribution in [0.1, 0.15) is 0 Å². The zero-order chi connectivity index (χ0) is 17.4. The van der Waals surface area contributed by atoms with E-state index >= 15 is 0 Å². The molecule has 0 bridgehead atoms. The molecule has 0 N–H and O–H groups in total. The lowest BCUT2D eigenvalue weighted by Gasteiger charge is -2.13. The van der Waals surface area contributed by atoms with E-state index in [1.807, 2.05) is 12.1 Å². The third kappa shape index (κ3) is 1.62. The fraction of sp³-hybridized carbons (Fsp3) is 0. The van der Waals surface area contributed by atoms with Crippen molar-refractivity contribution in [2.45, 2.75) is 0 Å². The largest absolute Gasteiger partial charge is 0.207 e. The van der Waals surface area contributed by atoms with Crippen LogP contribution in [0.25, 0.3) is 54.6 Å². The Morgan fingerprint density at radius 3 is 1.50 bits per heavy atom. The summed E-state index contributed by atoms with van der Waals surface area (Å²) in [5.74, 6) is -0.617. The average molecular weight is 338 g/mol. The summed E-state index contributed by atoms with van der Waals surface area (Å²) in [7, 11) is 0. The highest BCUT2D eigenvalue weighted by Gasteiger charge is 2.26. The van der Waals surface area contributed by atoms with Crippen LogP contribution in [0.5, 0.6) is 0 Å². The SMILES string of the molecule is Fc1ccc2c3c(c4ccc(F)cc4c2c1)-c1cccc2cccc-3c12. The predicted octanol–water partition coefficient (Wildman–Crippen LogP) is 7.07. The molecule has 0 atom stereocenters.